The van der Waals surface area contributed by atoms with E-state index in [0.717, 1.165) is 25.0 Å². The molecule has 138 valence electrons. The van der Waals surface area contributed by atoms with E-state index in [0.29, 0.717) is 23.6 Å². The fourth-order valence-electron chi connectivity index (χ4n) is 1.82. The minimum absolute atomic E-state index is 0.368. The van der Waals surface area contributed by atoms with E-state index < -0.39 is 12.5 Å². The van der Waals surface area contributed by atoms with E-state index in [1.165, 1.54) is 12.1 Å². The number of aromatic nitrogens is 1. The Morgan fingerprint density at radius 3 is 2.31 bits per heavy atom. The molecule has 3 nitrogen and oxygen atoms in total. The standard InChI is InChI=1S/C19H17F4NO2/c1-2-3-12-25-17-11-8-15(24-13-17)7-4-14-5-9-16(10-6-14)26-19(22,23)18(20)21/h5-6,8-11,13,18H,2-3,12H2,1H3. The maximum atomic E-state index is 12.8. The number of unbranched alkanes of at least 4 members (excludes halogenated alkanes) is 1. The largest absolute Gasteiger partial charge is 0.492 e. The summed E-state index contributed by atoms with van der Waals surface area (Å²) in [6.07, 6.45) is -4.85. The monoisotopic (exact) mass is 367 g/mol. The van der Waals surface area contributed by atoms with Crippen molar-refractivity contribution in [3.8, 4) is 23.3 Å². The normalized spacial score (nSPS) is 11.0. The Hall–Kier alpha value is -2.75. The number of alkyl halides is 4. The number of rotatable bonds is 7. The summed E-state index contributed by atoms with van der Waals surface area (Å²) in [7, 11) is 0. The molecule has 0 aliphatic heterocycles. The Morgan fingerprint density at radius 1 is 1.04 bits per heavy atom. The maximum Gasteiger partial charge on any atom is 0.461 e. The Kier molecular flexibility index (Phi) is 6.84. The summed E-state index contributed by atoms with van der Waals surface area (Å²) in [6.45, 7) is 2.70. The summed E-state index contributed by atoms with van der Waals surface area (Å²) >= 11 is 0. The van der Waals surface area contributed by atoms with Crippen LogP contribution in [0.4, 0.5) is 17.6 Å². The molecule has 0 unspecified atom stereocenters. The molecular weight excluding hydrogens is 350 g/mol. The zero-order valence-corrected chi connectivity index (χ0v) is 14.0. The summed E-state index contributed by atoms with van der Waals surface area (Å²) < 4.78 is 59.3. The van der Waals surface area contributed by atoms with Crippen molar-refractivity contribution in [2.45, 2.75) is 32.3 Å². The van der Waals surface area contributed by atoms with E-state index in [9.17, 15) is 17.6 Å². The lowest BCUT2D eigenvalue weighted by Crippen LogP contribution is -2.33. The second-order valence-electron chi connectivity index (χ2n) is 5.32. The number of benzene rings is 1. The van der Waals surface area contributed by atoms with Gasteiger partial charge in [-0.15, -0.1) is 0 Å². The van der Waals surface area contributed by atoms with Crippen molar-refractivity contribution < 1.29 is 27.0 Å². The molecule has 1 aromatic heterocycles. The van der Waals surface area contributed by atoms with E-state index in [-0.39, 0.29) is 5.75 Å². The van der Waals surface area contributed by atoms with Gasteiger partial charge in [-0.3, -0.25) is 0 Å². The molecular formula is C19H17F4NO2. The molecule has 2 rings (SSSR count). The van der Waals surface area contributed by atoms with Crippen molar-refractivity contribution in [1.82, 2.24) is 4.98 Å². The Morgan fingerprint density at radius 2 is 1.73 bits per heavy atom. The van der Waals surface area contributed by atoms with Gasteiger partial charge in [0.15, 0.2) is 0 Å². The van der Waals surface area contributed by atoms with Gasteiger partial charge in [-0.25, -0.2) is 4.98 Å². The lowest BCUT2D eigenvalue weighted by Gasteiger charge is -2.16. The molecule has 1 aromatic carbocycles. The van der Waals surface area contributed by atoms with E-state index in [1.807, 2.05) is 0 Å². The predicted octanol–water partition coefficient (Wildman–Crippen LogP) is 4.90. The maximum absolute atomic E-state index is 12.8. The van der Waals surface area contributed by atoms with E-state index >= 15 is 0 Å². The van der Waals surface area contributed by atoms with Crippen molar-refractivity contribution in [2.75, 3.05) is 6.61 Å². The quantitative estimate of drug-likeness (QED) is 0.396. The SMILES string of the molecule is CCCCOc1ccc(C#Cc2ccc(OC(F)(F)C(F)F)cc2)nc1. The van der Waals surface area contributed by atoms with Crippen LogP contribution in [0, 0.1) is 11.8 Å². The summed E-state index contributed by atoms with van der Waals surface area (Å²) in [5.41, 5.74) is 1.01. The van der Waals surface area contributed by atoms with Crippen LogP contribution in [0.25, 0.3) is 0 Å². The number of hydrogen-bond acceptors (Lipinski definition) is 3. The van der Waals surface area contributed by atoms with Crippen LogP contribution in [-0.4, -0.2) is 24.1 Å². The summed E-state index contributed by atoms with van der Waals surface area (Å²) in [4.78, 5) is 4.15. The number of pyridine rings is 1. The molecule has 0 atom stereocenters. The first-order valence-corrected chi connectivity index (χ1v) is 7.96. The number of halogens is 4. The molecule has 0 saturated carbocycles. The molecule has 0 aliphatic carbocycles. The number of ether oxygens (including phenoxy) is 2. The molecule has 0 spiro atoms. The van der Waals surface area contributed by atoms with Crippen LogP contribution < -0.4 is 9.47 Å². The highest BCUT2D eigenvalue weighted by molar-refractivity contribution is 5.42. The van der Waals surface area contributed by atoms with Crippen molar-refractivity contribution in [1.29, 1.82) is 0 Å². The highest BCUT2D eigenvalue weighted by Gasteiger charge is 2.43. The molecule has 0 amide bonds. The highest BCUT2D eigenvalue weighted by atomic mass is 19.3. The fraction of sp³-hybridized carbons (Fsp3) is 0.316. The molecule has 0 bridgehead atoms. The van der Waals surface area contributed by atoms with Gasteiger partial charge >= 0.3 is 12.5 Å². The molecule has 0 aliphatic rings. The molecule has 0 N–H and O–H groups in total. The zero-order valence-electron chi connectivity index (χ0n) is 14.0. The van der Waals surface area contributed by atoms with Crippen LogP contribution in [0.15, 0.2) is 42.6 Å². The molecule has 0 fully saturated rings. The minimum Gasteiger partial charge on any atom is -0.492 e. The molecule has 2 aromatic rings. The summed E-state index contributed by atoms with van der Waals surface area (Å²) in [6, 6.07) is 8.56. The molecule has 0 radical (unpaired) electrons. The Bertz CT molecular complexity index is 750. The van der Waals surface area contributed by atoms with Gasteiger partial charge in [0.2, 0.25) is 0 Å². The topological polar surface area (TPSA) is 31.4 Å². The Labute approximate surface area is 149 Å². The minimum atomic E-state index is -4.53. The van der Waals surface area contributed by atoms with Gasteiger partial charge < -0.3 is 9.47 Å². The lowest BCUT2D eigenvalue weighted by atomic mass is 10.2. The van der Waals surface area contributed by atoms with Gasteiger partial charge in [-0.05, 0) is 48.7 Å². The molecule has 1 heterocycles. The number of nitrogens with zero attached hydrogens (tertiary/aromatic N) is 1. The first kappa shape index (κ1) is 19.6. The van der Waals surface area contributed by atoms with Crippen molar-refractivity contribution >= 4 is 0 Å². The van der Waals surface area contributed by atoms with Crippen LogP contribution in [0.1, 0.15) is 31.0 Å². The number of hydrogen-bond donors (Lipinski definition) is 0. The van der Waals surface area contributed by atoms with E-state index in [1.54, 1.807) is 18.3 Å². The average molecular weight is 367 g/mol. The predicted molar refractivity (Wildman–Crippen MR) is 88.6 cm³/mol. The average Bonchev–Trinajstić information content (AvgIpc) is 2.62. The highest BCUT2D eigenvalue weighted by Crippen LogP contribution is 2.27. The summed E-state index contributed by atoms with van der Waals surface area (Å²) in [5, 5.41) is 0. The van der Waals surface area contributed by atoms with Crippen LogP contribution in [0.2, 0.25) is 0 Å². The van der Waals surface area contributed by atoms with Gasteiger partial charge in [0.1, 0.15) is 17.2 Å². The van der Waals surface area contributed by atoms with Crippen LogP contribution in [0.5, 0.6) is 11.5 Å². The first-order valence-electron chi connectivity index (χ1n) is 7.96. The Balaban J connectivity index is 1.97. The van der Waals surface area contributed by atoms with Crippen LogP contribution in [0.3, 0.4) is 0 Å². The smallest absolute Gasteiger partial charge is 0.461 e. The van der Waals surface area contributed by atoms with Crippen molar-refractivity contribution in [3.05, 3.63) is 53.9 Å². The van der Waals surface area contributed by atoms with E-state index in [2.05, 4.69) is 28.5 Å². The third kappa shape index (κ3) is 5.96. The molecule has 0 saturated heterocycles. The fourth-order valence-corrected chi connectivity index (χ4v) is 1.82. The third-order valence-electron chi connectivity index (χ3n) is 3.20. The summed E-state index contributed by atoms with van der Waals surface area (Å²) in [5.74, 6) is 5.91. The van der Waals surface area contributed by atoms with E-state index in [4.69, 9.17) is 4.74 Å². The van der Waals surface area contributed by atoms with Crippen molar-refractivity contribution in [3.63, 3.8) is 0 Å². The van der Waals surface area contributed by atoms with Gasteiger partial charge in [0, 0.05) is 5.56 Å². The van der Waals surface area contributed by atoms with Crippen LogP contribution >= 0.6 is 0 Å². The van der Waals surface area contributed by atoms with Gasteiger partial charge in [-0.1, -0.05) is 19.3 Å². The van der Waals surface area contributed by atoms with Crippen LogP contribution in [-0.2, 0) is 0 Å². The van der Waals surface area contributed by atoms with Gasteiger partial charge in [0.05, 0.1) is 12.8 Å². The van der Waals surface area contributed by atoms with Crippen molar-refractivity contribution in [2.24, 2.45) is 0 Å². The van der Waals surface area contributed by atoms with Gasteiger partial charge in [0.25, 0.3) is 0 Å². The third-order valence-corrected chi connectivity index (χ3v) is 3.20. The van der Waals surface area contributed by atoms with Gasteiger partial charge in [-0.2, -0.15) is 17.6 Å². The second-order valence-corrected chi connectivity index (χ2v) is 5.32. The molecule has 7 heteroatoms. The second kappa shape index (κ2) is 9.09. The first-order chi connectivity index (χ1) is 12.4. The zero-order chi connectivity index (χ0) is 19.0. The molecule has 26 heavy (non-hydrogen) atoms. The lowest BCUT2D eigenvalue weighted by molar-refractivity contribution is -0.253.